The summed E-state index contributed by atoms with van der Waals surface area (Å²) in [5.41, 5.74) is 0. The van der Waals surface area contributed by atoms with E-state index in [0.29, 0.717) is 12.5 Å². The van der Waals surface area contributed by atoms with E-state index in [2.05, 4.69) is 30.1 Å². The van der Waals surface area contributed by atoms with Gasteiger partial charge in [0.15, 0.2) is 0 Å². The normalized spacial score (nSPS) is 27.8. The largest absolute Gasteiger partial charge is 0.358 e. The molecule has 1 rings (SSSR count). The molecule has 4 nitrogen and oxygen atoms in total. The molecule has 0 bridgehead atoms. The molecule has 1 N–H and O–H groups in total. The fraction of sp³-hybridized carbons (Fsp3) is 0.857. The van der Waals surface area contributed by atoms with Crippen molar-refractivity contribution in [3.63, 3.8) is 0 Å². The Hall–Kier alpha value is -1.08. The van der Waals surface area contributed by atoms with Gasteiger partial charge in [0, 0.05) is 13.1 Å². The number of rotatable bonds is 5. The van der Waals surface area contributed by atoms with Crippen molar-refractivity contribution in [1.29, 1.82) is 5.26 Å². The van der Waals surface area contributed by atoms with Crippen molar-refractivity contribution >= 4 is 5.91 Å². The molecular formula is C14H25N3O. The number of likely N-dealkylation sites (N-methyl/N-ethyl adjacent to an activating group) is 2. The third-order valence-electron chi connectivity index (χ3n) is 4.17. The third-order valence-corrected chi connectivity index (χ3v) is 4.17. The molecule has 0 aromatic carbocycles. The SMILES string of the molecule is CCC1CCC(C#N)C(N(CC)CC(=O)NC)C1. The van der Waals surface area contributed by atoms with Crippen molar-refractivity contribution < 1.29 is 4.79 Å². The van der Waals surface area contributed by atoms with E-state index < -0.39 is 0 Å². The Morgan fingerprint density at radius 1 is 1.44 bits per heavy atom. The lowest BCUT2D eigenvalue weighted by Gasteiger charge is -2.39. The van der Waals surface area contributed by atoms with E-state index in [0.717, 1.165) is 25.8 Å². The van der Waals surface area contributed by atoms with Crippen LogP contribution in [0.1, 0.15) is 39.5 Å². The Kier molecular flexibility index (Phi) is 6.14. The van der Waals surface area contributed by atoms with Crippen LogP contribution in [0, 0.1) is 23.2 Å². The van der Waals surface area contributed by atoms with Gasteiger partial charge >= 0.3 is 0 Å². The van der Waals surface area contributed by atoms with Crippen molar-refractivity contribution in [2.45, 2.75) is 45.6 Å². The van der Waals surface area contributed by atoms with Gasteiger partial charge in [-0.25, -0.2) is 0 Å². The lowest BCUT2D eigenvalue weighted by molar-refractivity contribution is -0.122. The van der Waals surface area contributed by atoms with Crippen LogP contribution in [-0.2, 0) is 4.79 Å². The summed E-state index contributed by atoms with van der Waals surface area (Å²) >= 11 is 0. The molecule has 0 spiro atoms. The van der Waals surface area contributed by atoms with E-state index in [4.69, 9.17) is 0 Å². The lowest BCUT2D eigenvalue weighted by Crippen LogP contribution is -2.47. The molecule has 0 saturated heterocycles. The summed E-state index contributed by atoms with van der Waals surface area (Å²) in [7, 11) is 1.66. The first-order chi connectivity index (χ1) is 8.65. The molecule has 102 valence electrons. The Morgan fingerprint density at radius 2 is 2.17 bits per heavy atom. The molecule has 1 saturated carbocycles. The van der Waals surface area contributed by atoms with Crippen LogP contribution >= 0.6 is 0 Å². The van der Waals surface area contributed by atoms with E-state index in [1.54, 1.807) is 7.05 Å². The number of nitrogens with zero attached hydrogens (tertiary/aromatic N) is 2. The first-order valence-electron chi connectivity index (χ1n) is 7.00. The van der Waals surface area contributed by atoms with Gasteiger partial charge in [-0.2, -0.15) is 5.26 Å². The molecule has 0 heterocycles. The average molecular weight is 251 g/mol. The first kappa shape index (κ1) is 15.0. The van der Waals surface area contributed by atoms with E-state index in [1.165, 1.54) is 6.42 Å². The van der Waals surface area contributed by atoms with E-state index in [9.17, 15) is 10.1 Å². The predicted octanol–water partition coefficient (Wildman–Crippen LogP) is 1.77. The van der Waals surface area contributed by atoms with Crippen LogP contribution in [0.25, 0.3) is 0 Å². The summed E-state index contributed by atoms with van der Waals surface area (Å²) in [6.45, 7) is 5.51. The Bertz CT molecular complexity index is 311. The Morgan fingerprint density at radius 3 is 2.67 bits per heavy atom. The first-order valence-corrected chi connectivity index (χ1v) is 7.00. The molecule has 18 heavy (non-hydrogen) atoms. The zero-order chi connectivity index (χ0) is 13.5. The van der Waals surface area contributed by atoms with Crippen LogP contribution in [-0.4, -0.2) is 37.0 Å². The minimum absolute atomic E-state index is 0.0344. The van der Waals surface area contributed by atoms with E-state index >= 15 is 0 Å². The summed E-state index contributed by atoms with van der Waals surface area (Å²) < 4.78 is 0. The molecule has 1 amide bonds. The molecule has 1 fully saturated rings. The van der Waals surface area contributed by atoms with Crippen molar-refractivity contribution in [1.82, 2.24) is 10.2 Å². The van der Waals surface area contributed by atoms with Gasteiger partial charge in [-0.3, -0.25) is 9.69 Å². The van der Waals surface area contributed by atoms with Crippen molar-refractivity contribution in [3.8, 4) is 6.07 Å². The predicted molar refractivity (Wildman–Crippen MR) is 71.8 cm³/mol. The van der Waals surface area contributed by atoms with Crippen LogP contribution in [0.2, 0.25) is 0 Å². The number of hydrogen-bond acceptors (Lipinski definition) is 3. The monoisotopic (exact) mass is 251 g/mol. The average Bonchev–Trinajstić information content (AvgIpc) is 2.43. The summed E-state index contributed by atoms with van der Waals surface area (Å²) in [4.78, 5) is 13.7. The fourth-order valence-corrected chi connectivity index (χ4v) is 2.88. The van der Waals surface area contributed by atoms with Gasteiger partial charge < -0.3 is 5.32 Å². The minimum Gasteiger partial charge on any atom is -0.358 e. The third kappa shape index (κ3) is 3.71. The van der Waals surface area contributed by atoms with Crippen LogP contribution in [0.5, 0.6) is 0 Å². The number of hydrogen-bond donors (Lipinski definition) is 1. The van der Waals surface area contributed by atoms with Gasteiger partial charge in [0.05, 0.1) is 18.5 Å². The van der Waals surface area contributed by atoms with Gasteiger partial charge in [-0.05, 0) is 31.7 Å². The van der Waals surface area contributed by atoms with Gasteiger partial charge in [0.1, 0.15) is 0 Å². The highest BCUT2D eigenvalue weighted by atomic mass is 16.1. The van der Waals surface area contributed by atoms with Crippen LogP contribution in [0.15, 0.2) is 0 Å². The molecule has 1 aliphatic rings. The van der Waals surface area contributed by atoms with Crippen molar-refractivity contribution in [3.05, 3.63) is 0 Å². The van der Waals surface area contributed by atoms with Crippen LogP contribution in [0.3, 0.4) is 0 Å². The number of carbonyl (C=O) groups is 1. The maximum Gasteiger partial charge on any atom is 0.233 e. The second kappa shape index (κ2) is 7.38. The van der Waals surface area contributed by atoms with Gasteiger partial charge in [0.25, 0.3) is 0 Å². The minimum atomic E-state index is 0.0344. The highest BCUT2D eigenvalue weighted by molar-refractivity contribution is 5.77. The quantitative estimate of drug-likeness (QED) is 0.810. The highest BCUT2D eigenvalue weighted by Crippen LogP contribution is 2.33. The molecule has 1 aliphatic carbocycles. The second-order valence-corrected chi connectivity index (χ2v) is 5.13. The standard InChI is InChI=1S/C14H25N3O/c1-4-11-6-7-12(9-15)13(8-11)17(5-2)10-14(18)16-3/h11-13H,4-8,10H2,1-3H3,(H,16,18). The smallest absolute Gasteiger partial charge is 0.233 e. The molecule has 0 aliphatic heterocycles. The fourth-order valence-electron chi connectivity index (χ4n) is 2.88. The summed E-state index contributed by atoms with van der Waals surface area (Å²) in [5.74, 6) is 0.822. The zero-order valence-electron chi connectivity index (χ0n) is 11.8. The van der Waals surface area contributed by atoms with Gasteiger partial charge in [-0.1, -0.05) is 20.3 Å². The second-order valence-electron chi connectivity index (χ2n) is 5.13. The van der Waals surface area contributed by atoms with Crippen LogP contribution < -0.4 is 5.32 Å². The van der Waals surface area contributed by atoms with Crippen molar-refractivity contribution in [2.75, 3.05) is 20.1 Å². The Labute approximate surface area is 110 Å². The van der Waals surface area contributed by atoms with Gasteiger partial charge in [-0.15, -0.1) is 0 Å². The Balaban J connectivity index is 2.72. The molecular weight excluding hydrogens is 226 g/mol. The lowest BCUT2D eigenvalue weighted by atomic mass is 9.77. The molecule has 3 unspecified atom stereocenters. The topological polar surface area (TPSA) is 56.1 Å². The summed E-state index contributed by atoms with van der Waals surface area (Å²) in [6, 6.07) is 2.68. The molecule has 4 heteroatoms. The van der Waals surface area contributed by atoms with Crippen LogP contribution in [0.4, 0.5) is 0 Å². The number of nitriles is 1. The summed E-state index contributed by atoms with van der Waals surface area (Å²) in [6.07, 6.45) is 4.36. The molecule has 0 radical (unpaired) electrons. The van der Waals surface area contributed by atoms with Crippen molar-refractivity contribution in [2.24, 2.45) is 11.8 Å². The molecule has 0 aromatic rings. The van der Waals surface area contributed by atoms with E-state index in [1.807, 2.05) is 0 Å². The highest BCUT2D eigenvalue weighted by Gasteiger charge is 2.33. The maximum atomic E-state index is 11.5. The zero-order valence-corrected chi connectivity index (χ0v) is 11.8. The van der Waals surface area contributed by atoms with E-state index in [-0.39, 0.29) is 17.9 Å². The number of amides is 1. The summed E-state index contributed by atoms with van der Waals surface area (Å²) in [5, 5.41) is 11.9. The molecule has 3 atom stereocenters. The maximum absolute atomic E-state index is 11.5. The number of carbonyl (C=O) groups excluding carboxylic acids is 1. The number of nitrogens with one attached hydrogen (secondary N) is 1. The van der Waals surface area contributed by atoms with Gasteiger partial charge in [0.2, 0.25) is 5.91 Å². The molecule has 0 aromatic heterocycles.